The lowest BCUT2D eigenvalue weighted by Gasteiger charge is -2.34. The lowest BCUT2D eigenvalue weighted by atomic mass is 9.82. The van der Waals surface area contributed by atoms with Crippen molar-refractivity contribution < 1.29 is 9.47 Å². The summed E-state index contributed by atoms with van der Waals surface area (Å²) >= 11 is 0. The zero-order chi connectivity index (χ0) is 16.8. The first-order chi connectivity index (χ1) is 10.5. The zero-order valence-electron chi connectivity index (χ0n) is 16.0. The minimum absolute atomic E-state index is 0.0440. The van der Waals surface area contributed by atoms with E-state index in [4.69, 9.17) is 9.47 Å². The van der Waals surface area contributed by atoms with Gasteiger partial charge in [-0.05, 0) is 46.0 Å². The molecule has 0 heterocycles. The Balaban J connectivity index is 4.27. The van der Waals surface area contributed by atoms with Gasteiger partial charge in [0.25, 0.3) is 0 Å². The molecular weight excluding hydrogens is 272 g/mol. The van der Waals surface area contributed by atoms with Crippen LogP contribution in [0.15, 0.2) is 12.2 Å². The number of ether oxygens (including phenoxy) is 2. The van der Waals surface area contributed by atoms with Crippen molar-refractivity contribution in [3.63, 3.8) is 0 Å². The van der Waals surface area contributed by atoms with Gasteiger partial charge in [-0.2, -0.15) is 0 Å². The Bertz CT molecular complexity index is 271. The summed E-state index contributed by atoms with van der Waals surface area (Å²) < 4.78 is 11.3. The SMILES string of the molecule is CC=CC(CCC(CCCCCCCC)C(C)(C)OC)OC. The van der Waals surface area contributed by atoms with Crippen LogP contribution in [0.25, 0.3) is 0 Å². The van der Waals surface area contributed by atoms with Crippen molar-refractivity contribution >= 4 is 0 Å². The number of methoxy groups -OCH3 is 2. The van der Waals surface area contributed by atoms with Crippen LogP contribution in [-0.4, -0.2) is 25.9 Å². The number of hydrogen-bond acceptors (Lipinski definition) is 2. The van der Waals surface area contributed by atoms with E-state index >= 15 is 0 Å². The first-order valence-corrected chi connectivity index (χ1v) is 9.22. The second kappa shape index (κ2) is 13.1. The number of hydrogen-bond donors (Lipinski definition) is 0. The lowest BCUT2D eigenvalue weighted by Crippen LogP contribution is -2.34. The van der Waals surface area contributed by atoms with Crippen molar-refractivity contribution in [2.24, 2.45) is 5.92 Å². The number of unbranched alkanes of at least 4 members (excludes halogenated alkanes) is 5. The van der Waals surface area contributed by atoms with Gasteiger partial charge in [0, 0.05) is 14.2 Å². The van der Waals surface area contributed by atoms with Crippen molar-refractivity contribution in [3.05, 3.63) is 12.2 Å². The van der Waals surface area contributed by atoms with Crippen LogP contribution in [0.2, 0.25) is 0 Å². The van der Waals surface area contributed by atoms with Gasteiger partial charge in [-0.1, -0.05) is 57.6 Å². The highest BCUT2D eigenvalue weighted by atomic mass is 16.5. The molecule has 0 fully saturated rings. The summed E-state index contributed by atoms with van der Waals surface area (Å²) in [5, 5.41) is 0. The fourth-order valence-electron chi connectivity index (χ4n) is 3.05. The van der Waals surface area contributed by atoms with Crippen molar-refractivity contribution in [3.8, 4) is 0 Å². The molecule has 0 bridgehead atoms. The van der Waals surface area contributed by atoms with Gasteiger partial charge in [0.15, 0.2) is 0 Å². The molecule has 132 valence electrons. The summed E-state index contributed by atoms with van der Waals surface area (Å²) in [7, 11) is 3.64. The van der Waals surface area contributed by atoms with Crippen LogP contribution in [0.1, 0.15) is 85.5 Å². The van der Waals surface area contributed by atoms with E-state index in [0.717, 1.165) is 6.42 Å². The molecule has 22 heavy (non-hydrogen) atoms. The topological polar surface area (TPSA) is 18.5 Å². The van der Waals surface area contributed by atoms with Crippen molar-refractivity contribution in [1.29, 1.82) is 0 Å². The third kappa shape index (κ3) is 9.63. The van der Waals surface area contributed by atoms with Gasteiger partial charge in [0.05, 0.1) is 11.7 Å². The molecule has 0 aromatic carbocycles. The molecular formula is C20H40O2. The maximum atomic E-state index is 5.76. The standard InChI is InChI=1S/C20H40O2/c1-7-9-10-11-12-13-15-18(20(3,4)22-6)16-17-19(21-5)14-8-2/h8,14,18-19H,7,9-13,15-17H2,1-6H3. The summed E-state index contributed by atoms with van der Waals surface area (Å²) in [5.74, 6) is 0.603. The zero-order valence-corrected chi connectivity index (χ0v) is 16.0. The Kier molecular flexibility index (Phi) is 12.9. The van der Waals surface area contributed by atoms with Crippen LogP contribution < -0.4 is 0 Å². The summed E-state index contributed by atoms with van der Waals surface area (Å²) in [6.45, 7) is 8.78. The smallest absolute Gasteiger partial charge is 0.0752 e. The molecule has 2 nitrogen and oxygen atoms in total. The molecule has 0 aliphatic rings. The molecule has 0 radical (unpaired) electrons. The van der Waals surface area contributed by atoms with Gasteiger partial charge in [-0.25, -0.2) is 0 Å². The molecule has 0 aliphatic carbocycles. The molecule has 0 saturated carbocycles. The van der Waals surface area contributed by atoms with Crippen LogP contribution >= 0.6 is 0 Å². The Labute approximate surface area is 139 Å². The fourth-order valence-corrected chi connectivity index (χ4v) is 3.05. The number of rotatable bonds is 14. The maximum absolute atomic E-state index is 5.76. The van der Waals surface area contributed by atoms with Gasteiger partial charge in [-0.15, -0.1) is 0 Å². The van der Waals surface area contributed by atoms with E-state index in [1.807, 2.05) is 7.11 Å². The van der Waals surface area contributed by atoms with Gasteiger partial charge in [0.1, 0.15) is 0 Å². The molecule has 0 spiro atoms. The predicted octanol–water partition coefficient (Wildman–Crippen LogP) is 6.15. The Hall–Kier alpha value is -0.340. The molecule has 0 saturated heterocycles. The van der Waals surface area contributed by atoms with E-state index in [9.17, 15) is 0 Å². The fraction of sp³-hybridized carbons (Fsp3) is 0.900. The first kappa shape index (κ1) is 21.7. The summed E-state index contributed by atoms with van der Waals surface area (Å²) in [6, 6.07) is 0. The van der Waals surface area contributed by atoms with E-state index in [1.54, 1.807) is 7.11 Å². The molecule has 0 rings (SSSR count). The average Bonchev–Trinajstić information content (AvgIpc) is 2.51. The highest BCUT2D eigenvalue weighted by Crippen LogP contribution is 2.31. The monoisotopic (exact) mass is 312 g/mol. The quantitative estimate of drug-likeness (QED) is 0.283. The highest BCUT2D eigenvalue weighted by molar-refractivity contribution is 4.88. The van der Waals surface area contributed by atoms with E-state index in [-0.39, 0.29) is 11.7 Å². The van der Waals surface area contributed by atoms with Crippen molar-refractivity contribution in [2.45, 2.75) is 97.2 Å². The minimum Gasteiger partial charge on any atom is -0.379 e. The Morgan fingerprint density at radius 3 is 2.09 bits per heavy atom. The van der Waals surface area contributed by atoms with E-state index in [2.05, 4.69) is 39.8 Å². The molecule has 2 unspecified atom stereocenters. The second-order valence-electron chi connectivity index (χ2n) is 6.94. The molecule has 0 N–H and O–H groups in total. The molecule has 0 aromatic rings. The van der Waals surface area contributed by atoms with Crippen LogP contribution in [0, 0.1) is 5.92 Å². The summed E-state index contributed by atoms with van der Waals surface area (Å²) in [5.41, 5.74) is -0.0440. The normalized spacial score (nSPS) is 15.4. The average molecular weight is 313 g/mol. The molecule has 0 aliphatic heterocycles. The largest absolute Gasteiger partial charge is 0.379 e. The van der Waals surface area contributed by atoms with Gasteiger partial charge in [0.2, 0.25) is 0 Å². The molecule has 2 heteroatoms. The van der Waals surface area contributed by atoms with Gasteiger partial charge in [-0.3, -0.25) is 0 Å². The third-order valence-corrected chi connectivity index (χ3v) is 4.92. The minimum atomic E-state index is -0.0440. The Morgan fingerprint density at radius 2 is 1.55 bits per heavy atom. The number of allylic oxidation sites excluding steroid dienone is 1. The van der Waals surface area contributed by atoms with Gasteiger partial charge < -0.3 is 9.47 Å². The van der Waals surface area contributed by atoms with Crippen molar-refractivity contribution in [2.75, 3.05) is 14.2 Å². The second-order valence-corrected chi connectivity index (χ2v) is 6.94. The molecule has 2 atom stereocenters. The van der Waals surface area contributed by atoms with Crippen LogP contribution in [0.5, 0.6) is 0 Å². The van der Waals surface area contributed by atoms with E-state index in [0.29, 0.717) is 5.92 Å². The van der Waals surface area contributed by atoms with Crippen molar-refractivity contribution in [1.82, 2.24) is 0 Å². The third-order valence-electron chi connectivity index (χ3n) is 4.92. The summed E-state index contributed by atoms with van der Waals surface area (Å²) in [6.07, 6.45) is 16.1. The lowest BCUT2D eigenvalue weighted by molar-refractivity contribution is -0.0382. The summed E-state index contributed by atoms with van der Waals surface area (Å²) in [4.78, 5) is 0. The molecule has 0 amide bonds. The van der Waals surface area contributed by atoms with E-state index < -0.39 is 0 Å². The highest BCUT2D eigenvalue weighted by Gasteiger charge is 2.29. The van der Waals surface area contributed by atoms with Crippen LogP contribution in [0.4, 0.5) is 0 Å². The maximum Gasteiger partial charge on any atom is 0.0752 e. The van der Waals surface area contributed by atoms with E-state index in [1.165, 1.54) is 51.4 Å². The molecule has 0 aromatic heterocycles. The van der Waals surface area contributed by atoms with Gasteiger partial charge >= 0.3 is 0 Å². The Morgan fingerprint density at radius 1 is 0.909 bits per heavy atom. The first-order valence-electron chi connectivity index (χ1n) is 9.22. The predicted molar refractivity (Wildman–Crippen MR) is 97.4 cm³/mol. The van der Waals surface area contributed by atoms with Crippen LogP contribution in [-0.2, 0) is 9.47 Å². The van der Waals surface area contributed by atoms with Crippen LogP contribution in [0.3, 0.4) is 0 Å².